The number of ether oxygens (including phenoxy) is 1. The molecule has 9 nitrogen and oxygen atoms in total. The standard InChI is InChI=1S/C14H14F3N7O2/c1-23-9(4-19-13(23)11(18)25)8-5-24(22-10(8)14(15,16)17)12-7(6-26-2)3-20-21-12/h3-5H,6H2,1-2H3,(H2,18,25)(H,20,21). The average molecular weight is 369 g/mol. The van der Waals surface area contributed by atoms with Crippen molar-refractivity contribution in [2.24, 2.45) is 12.8 Å². The van der Waals surface area contributed by atoms with Crippen LogP contribution in [-0.2, 0) is 24.6 Å². The summed E-state index contributed by atoms with van der Waals surface area (Å²) < 4.78 is 47.6. The summed E-state index contributed by atoms with van der Waals surface area (Å²) in [6.07, 6.45) is -0.921. The molecular weight excluding hydrogens is 355 g/mol. The minimum atomic E-state index is -4.73. The van der Waals surface area contributed by atoms with Crippen molar-refractivity contribution in [2.75, 3.05) is 7.11 Å². The van der Waals surface area contributed by atoms with Gasteiger partial charge in [-0.1, -0.05) is 0 Å². The highest BCUT2D eigenvalue weighted by Crippen LogP contribution is 2.36. The third-order valence-corrected chi connectivity index (χ3v) is 3.68. The van der Waals surface area contributed by atoms with Crippen LogP contribution in [0.1, 0.15) is 21.9 Å². The first-order valence-corrected chi connectivity index (χ1v) is 7.24. The number of imidazole rings is 1. The van der Waals surface area contributed by atoms with Crippen molar-refractivity contribution in [3.05, 3.63) is 35.7 Å². The van der Waals surface area contributed by atoms with Crippen LogP contribution in [0.2, 0.25) is 0 Å². The summed E-state index contributed by atoms with van der Waals surface area (Å²) in [4.78, 5) is 15.1. The van der Waals surface area contributed by atoms with Crippen LogP contribution in [-0.4, -0.2) is 42.5 Å². The third kappa shape index (κ3) is 2.94. The van der Waals surface area contributed by atoms with Crippen molar-refractivity contribution >= 4 is 5.91 Å². The second-order valence-corrected chi connectivity index (χ2v) is 5.39. The topological polar surface area (TPSA) is 117 Å². The predicted octanol–water partition coefficient (Wildman–Crippen LogP) is 1.26. The number of rotatable bonds is 5. The number of nitrogens with two attached hydrogens (primary N) is 1. The molecule has 138 valence electrons. The number of carbonyl (C=O) groups is 1. The summed E-state index contributed by atoms with van der Waals surface area (Å²) in [6.45, 7) is 0.139. The van der Waals surface area contributed by atoms with Crippen LogP contribution in [0.15, 0.2) is 18.6 Å². The van der Waals surface area contributed by atoms with E-state index in [0.29, 0.717) is 5.56 Å². The van der Waals surface area contributed by atoms with E-state index in [1.807, 2.05) is 0 Å². The number of methoxy groups -OCH3 is 1. The SMILES string of the molecule is COCc1c[nH]nc1-n1cc(-c2cnc(C(N)=O)n2C)c(C(F)(F)F)n1. The quantitative estimate of drug-likeness (QED) is 0.702. The van der Waals surface area contributed by atoms with Gasteiger partial charge in [-0.05, 0) is 0 Å². The van der Waals surface area contributed by atoms with Gasteiger partial charge >= 0.3 is 6.18 Å². The number of H-pyrrole nitrogens is 1. The fraction of sp³-hybridized carbons (Fsp3) is 0.286. The number of aromatic amines is 1. The highest BCUT2D eigenvalue weighted by Gasteiger charge is 2.39. The number of nitrogens with one attached hydrogen (secondary N) is 1. The van der Waals surface area contributed by atoms with Crippen LogP contribution in [0.4, 0.5) is 13.2 Å². The smallest absolute Gasteiger partial charge is 0.380 e. The number of amides is 1. The molecule has 0 aliphatic heterocycles. The lowest BCUT2D eigenvalue weighted by Crippen LogP contribution is -2.17. The molecule has 3 N–H and O–H groups in total. The first kappa shape index (κ1) is 17.7. The average Bonchev–Trinajstić information content (AvgIpc) is 3.23. The van der Waals surface area contributed by atoms with Gasteiger partial charge in [-0.15, -0.1) is 0 Å². The Labute approximate surface area is 144 Å². The second-order valence-electron chi connectivity index (χ2n) is 5.39. The van der Waals surface area contributed by atoms with E-state index in [1.54, 1.807) is 0 Å². The number of aromatic nitrogens is 6. The van der Waals surface area contributed by atoms with Crippen LogP contribution in [0.5, 0.6) is 0 Å². The predicted molar refractivity (Wildman–Crippen MR) is 82.1 cm³/mol. The molecule has 0 aliphatic carbocycles. The molecule has 3 aromatic heterocycles. The zero-order valence-electron chi connectivity index (χ0n) is 13.7. The van der Waals surface area contributed by atoms with Gasteiger partial charge in [0.05, 0.1) is 24.1 Å². The van der Waals surface area contributed by atoms with E-state index in [2.05, 4.69) is 20.3 Å². The summed E-state index contributed by atoms with van der Waals surface area (Å²) in [7, 11) is 2.85. The monoisotopic (exact) mass is 369 g/mol. The molecule has 0 fully saturated rings. The molecule has 0 aliphatic rings. The lowest BCUT2D eigenvalue weighted by molar-refractivity contribution is -0.140. The van der Waals surface area contributed by atoms with E-state index >= 15 is 0 Å². The third-order valence-electron chi connectivity index (χ3n) is 3.68. The molecule has 0 atom stereocenters. The van der Waals surface area contributed by atoms with Crippen LogP contribution in [0.25, 0.3) is 17.1 Å². The molecule has 0 saturated heterocycles. The lowest BCUT2D eigenvalue weighted by atomic mass is 10.2. The van der Waals surface area contributed by atoms with Gasteiger partial charge in [-0.25, -0.2) is 9.67 Å². The Morgan fingerprint density at radius 3 is 2.73 bits per heavy atom. The van der Waals surface area contributed by atoms with E-state index in [1.165, 1.54) is 31.1 Å². The normalized spacial score (nSPS) is 11.9. The number of hydrogen-bond donors (Lipinski definition) is 2. The molecule has 26 heavy (non-hydrogen) atoms. The molecule has 3 heterocycles. The number of primary amides is 1. The maximum atomic E-state index is 13.5. The molecule has 0 saturated carbocycles. The van der Waals surface area contributed by atoms with Gasteiger partial charge in [0.15, 0.2) is 17.3 Å². The Balaban J connectivity index is 2.18. The first-order valence-electron chi connectivity index (χ1n) is 7.24. The number of alkyl halides is 3. The highest BCUT2D eigenvalue weighted by atomic mass is 19.4. The molecule has 0 spiro atoms. The fourth-order valence-corrected chi connectivity index (χ4v) is 2.54. The lowest BCUT2D eigenvalue weighted by Gasteiger charge is -2.07. The molecular formula is C14H14F3N7O2. The van der Waals surface area contributed by atoms with Crippen molar-refractivity contribution in [1.29, 1.82) is 0 Å². The minimum Gasteiger partial charge on any atom is -0.380 e. The maximum absolute atomic E-state index is 13.5. The van der Waals surface area contributed by atoms with E-state index in [0.717, 1.165) is 10.9 Å². The Kier molecular flexibility index (Phi) is 4.28. The second kappa shape index (κ2) is 6.29. The molecule has 3 aromatic rings. The summed E-state index contributed by atoms with van der Waals surface area (Å²) in [5, 5.41) is 10.1. The van der Waals surface area contributed by atoms with Crippen LogP contribution < -0.4 is 5.73 Å². The molecule has 0 bridgehead atoms. The summed E-state index contributed by atoms with van der Waals surface area (Å²) >= 11 is 0. The van der Waals surface area contributed by atoms with Crippen LogP contribution in [0.3, 0.4) is 0 Å². The van der Waals surface area contributed by atoms with E-state index in [4.69, 9.17) is 10.5 Å². The Morgan fingerprint density at radius 1 is 1.42 bits per heavy atom. The van der Waals surface area contributed by atoms with Crippen molar-refractivity contribution in [1.82, 2.24) is 29.5 Å². The Bertz CT molecular complexity index is 954. The van der Waals surface area contributed by atoms with Crippen molar-refractivity contribution in [2.45, 2.75) is 12.8 Å². The van der Waals surface area contributed by atoms with Crippen LogP contribution in [0, 0.1) is 0 Å². The van der Waals surface area contributed by atoms with Gasteiger partial charge in [0.2, 0.25) is 0 Å². The van der Waals surface area contributed by atoms with E-state index in [9.17, 15) is 18.0 Å². The molecule has 0 unspecified atom stereocenters. The zero-order valence-corrected chi connectivity index (χ0v) is 13.7. The highest BCUT2D eigenvalue weighted by molar-refractivity contribution is 5.90. The molecule has 1 amide bonds. The van der Waals surface area contributed by atoms with Crippen molar-refractivity contribution in [3.8, 4) is 17.1 Å². The Hall–Kier alpha value is -3.15. The maximum Gasteiger partial charge on any atom is 0.435 e. The van der Waals surface area contributed by atoms with Gasteiger partial charge < -0.3 is 15.0 Å². The van der Waals surface area contributed by atoms with E-state index < -0.39 is 17.8 Å². The van der Waals surface area contributed by atoms with Gasteiger partial charge in [-0.3, -0.25) is 9.89 Å². The summed E-state index contributed by atoms with van der Waals surface area (Å²) in [6, 6.07) is 0. The summed E-state index contributed by atoms with van der Waals surface area (Å²) in [5.74, 6) is -0.851. The largest absolute Gasteiger partial charge is 0.435 e. The first-order chi connectivity index (χ1) is 12.2. The van der Waals surface area contributed by atoms with Crippen LogP contribution >= 0.6 is 0 Å². The van der Waals surface area contributed by atoms with Gasteiger partial charge in [0.1, 0.15) is 0 Å². The number of carbonyl (C=O) groups excluding carboxylic acids is 1. The zero-order chi connectivity index (χ0) is 19.1. The van der Waals surface area contributed by atoms with Gasteiger partial charge in [0.25, 0.3) is 5.91 Å². The van der Waals surface area contributed by atoms with E-state index in [-0.39, 0.29) is 29.5 Å². The number of nitrogens with zero attached hydrogens (tertiary/aromatic N) is 5. The molecule has 0 aromatic carbocycles. The van der Waals surface area contributed by atoms with Gasteiger partial charge in [0, 0.05) is 32.1 Å². The number of halogens is 3. The molecule has 0 radical (unpaired) electrons. The number of hydrogen-bond acceptors (Lipinski definition) is 5. The van der Waals surface area contributed by atoms with Crippen molar-refractivity contribution < 1.29 is 22.7 Å². The fourth-order valence-electron chi connectivity index (χ4n) is 2.54. The Morgan fingerprint density at radius 2 is 2.15 bits per heavy atom. The minimum absolute atomic E-state index is 0.0428. The van der Waals surface area contributed by atoms with Crippen molar-refractivity contribution in [3.63, 3.8) is 0 Å². The summed E-state index contributed by atoms with van der Waals surface area (Å²) in [5.41, 5.74) is 4.35. The molecule has 3 rings (SSSR count). The molecule has 12 heteroatoms. The van der Waals surface area contributed by atoms with Gasteiger partial charge in [-0.2, -0.15) is 23.4 Å².